The van der Waals surface area contributed by atoms with Crippen molar-refractivity contribution >= 4 is 33.4 Å². The number of hydrogen-bond acceptors (Lipinski definition) is 5. The Bertz CT molecular complexity index is 797. The molecule has 23 heavy (non-hydrogen) atoms. The number of fused-ring (bicyclic) bond motifs is 1. The van der Waals surface area contributed by atoms with Crippen LogP contribution >= 0.6 is 11.3 Å². The van der Waals surface area contributed by atoms with E-state index in [1.54, 1.807) is 11.4 Å². The largest absolute Gasteiger partial charge is 0.480 e. The lowest BCUT2D eigenvalue weighted by Crippen LogP contribution is -2.48. The Morgan fingerprint density at radius 1 is 1.39 bits per heavy atom. The van der Waals surface area contributed by atoms with Gasteiger partial charge in [0.25, 0.3) is 5.56 Å². The minimum absolute atomic E-state index is 0.0982. The quantitative estimate of drug-likeness (QED) is 0.909. The molecule has 1 atom stereocenters. The number of rotatable bonds is 4. The number of aliphatic carboxylic acids is 1. The average Bonchev–Trinajstić information content (AvgIpc) is 3.03. The monoisotopic (exact) mass is 335 g/mol. The molecule has 1 fully saturated rings. The normalized spacial score (nSPS) is 18.3. The molecule has 3 heterocycles. The average molecular weight is 335 g/mol. The van der Waals surface area contributed by atoms with Crippen LogP contribution in [-0.4, -0.2) is 44.0 Å². The summed E-state index contributed by atoms with van der Waals surface area (Å²) in [7, 11) is 0. The van der Waals surface area contributed by atoms with Crippen LogP contribution in [0.25, 0.3) is 10.2 Å². The zero-order valence-electron chi connectivity index (χ0n) is 12.5. The first-order valence-corrected chi connectivity index (χ1v) is 8.41. The van der Waals surface area contributed by atoms with Gasteiger partial charge in [0.2, 0.25) is 5.91 Å². The molecule has 0 aromatic carbocycles. The van der Waals surface area contributed by atoms with Crippen molar-refractivity contribution in [2.75, 3.05) is 6.54 Å². The highest BCUT2D eigenvalue weighted by molar-refractivity contribution is 7.16. The van der Waals surface area contributed by atoms with Crippen molar-refractivity contribution in [3.05, 3.63) is 28.1 Å². The molecule has 0 unspecified atom stereocenters. The summed E-state index contributed by atoms with van der Waals surface area (Å²) in [5.41, 5.74) is -0.169. The highest BCUT2D eigenvalue weighted by Crippen LogP contribution is 2.18. The Morgan fingerprint density at radius 2 is 2.22 bits per heavy atom. The van der Waals surface area contributed by atoms with E-state index in [1.807, 2.05) is 0 Å². The fourth-order valence-electron chi connectivity index (χ4n) is 2.90. The number of carbonyl (C=O) groups is 2. The Kier molecular flexibility index (Phi) is 4.42. The molecule has 1 saturated heterocycles. The van der Waals surface area contributed by atoms with E-state index in [1.165, 1.54) is 27.1 Å². The lowest BCUT2D eigenvalue weighted by molar-refractivity contribution is -0.152. The highest BCUT2D eigenvalue weighted by atomic mass is 32.1. The molecule has 7 nitrogen and oxygen atoms in total. The van der Waals surface area contributed by atoms with Crippen molar-refractivity contribution in [3.8, 4) is 0 Å². The number of carboxylic acids is 1. The van der Waals surface area contributed by atoms with E-state index in [9.17, 15) is 19.5 Å². The molecule has 1 aliphatic rings. The van der Waals surface area contributed by atoms with E-state index in [0.29, 0.717) is 23.2 Å². The molecular weight excluding hydrogens is 318 g/mol. The molecule has 1 aliphatic heterocycles. The summed E-state index contributed by atoms with van der Waals surface area (Å²) in [5.74, 6) is -1.19. The molecule has 0 radical (unpaired) electrons. The van der Waals surface area contributed by atoms with Crippen LogP contribution in [-0.2, 0) is 16.1 Å². The molecule has 1 amide bonds. The molecule has 0 spiro atoms. The number of amides is 1. The van der Waals surface area contributed by atoms with E-state index < -0.39 is 12.0 Å². The van der Waals surface area contributed by atoms with Crippen LogP contribution in [0.3, 0.4) is 0 Å². The van der Waals surface area contributed by atoms with Crippen LogP contribution in [0.4, 0.5) is 0 Å². The zero-order valence-corrected chi connectivity index (χ0v) is 13.3. The third kappa shape index (κ3) is 3.12. The first-order valence-electron chi connectivity index (χ1n) is 7.53. The SMILES string of the molecule is O=C(O)[C@H]1CCCCN1C(=O)CCn1cnc2sccc2c1=O. The molecule has 0 saturated carbocycles. The Labute approximate surface area is 136 Å². The Hall–Kier alpha value is -2.22. The van der Waals surface area contributed by atoms with Crippen molar-refractivity contribution in [2.45, 2.75) is 38.3 Å². The molecule has 1 N–H and O–H groups in total. The molecule has 122 valence electrons. The molecular formula is C15H17N3O4S. The number of likely N-dealkylation sites (tertiary alicyclic amines) is 1. The number of carboxylic acid groups (broad SMARTS) is 1. The van der Waals surface area contributed by atoms with Crippen LogP contribution in [0.2, 0.25) is 0 Å². The number of nitrogens with zero attached hydrogens (tertiary/aromatic N) is 3. The van der Waals surface area contributed by atoms with Gasteiger partial charge in [-0.2, -0.15) is 0 Å². The van der Waals surface area contributed by atoms with Gasteiger partial charge in [0.15, 0.2) is 0 Å². The van der Waals surface area contributed by atoms with Gasteiger partial charge in [-0.15, -0.1) is 11.3 Å². The third-order valence-electron chi connectivity index (χ3n) is 4.13. The number of thiophene rings is 1. The summed E-state index contributed by atoms with van der Waals surface area (Å²) in [6.07, 6.45) is 3.67. The fourth-order valence-corrected chi connectivity index (χ4v) is 3.62. The van der Waals surface area contributed by atoms with Gasteiger partial charge in [0.1, 0.15) is 10.9 Å². The van der Waals surface area contributed by atoms with E-state index in [4.69, 9.17) is 0 Å². The van der Waals surface area contributed by atoms with Gasteiger partial charge in [-0.3, -0.25) is 14.2 Å². The second-order valence-corrected chi connectivity index (χ2v) is 6.46. The van der Waals surface area contributed by atoms with Crippen LogP contribution in [0.1, 0.15) is 25.7 Å². The molecule has 0 bridgehead atoms. The van der Waals surface area contributed by atoms with E-state index in [0.717, 1.165) is 12.8 Å². The first-order chi connectivity index (χ1) is 11.1. The van der Waals surface area contributed by atoms with E-state index in [2.05, 4.69) is 4.98 Å². The van der Waals surface area contributed by atoms with Gasteiger partial charge in [-0.05, 0) is 30.7 Å². The first kappa shape index (κ1) is 15.7. The number of hydrogen-bond donors (Lipinski definition) is 1. The molecule has 0 aliphatic carbocycles. The third-order valence-corrected chi connectivity index (χ3v) is 4.95. The smallest absolute Gasteiger partial charge is 0.326 e. The predicted octanol–water partition coefficient (Wildman–Crippen LogP) is 1.31. The summed E-state index contributed by atoms with van der Waals surface area (Å²) in [6.45, 7) is 0.672. The van der Waals surface area contributed by atoms with Crippen molar-refractivity contribution < 1.29 is 14.7 Å². The Morgan fingerprint density at radius 3 is 3.00 bits per heavy atom. The summed E-state index contributed by atoms with van der Waals surface area (Å²) in [4.78, 5) is 42.2. The zero-order chi connectivity index (χ0) is 16.4. The van der Waals surface area contributed by atoms with Gasteiger partial charge in [-0.25, -0.2) is 9.78 Å². The number of carbonyl (C=O) groups excluding carboxylic acids is 1. The number of piperidine rings is 1. The van der Waals surface area contributed by atoms with Crippen LogP contribution in [0.5, 0.6) is 0 Å². The van der Waals surface area contributed by atoms with Gasteiger partial charge in [0.05, 0.1) is 11.7 Å². The summed E-state index contributed by atoms with van der Waals surface area (Å²) in [6, 6.07) is 0.976. The van der Waals surface area contributed by atoms with Gasteiger partial charge in [0, 0.05) is 19.5 Å². The standard InChI is InChI=1S/C15H17N3O4S/c19-12(18-6-2-1-3-11(18)15(21)22)4-7-17-9-16-13-10(14(17)20)5-8-23-13/h5,8-9,11H,1-4,6-7H2,(H,21,22)/t11-/m1/s1. The number of aryl methyl sites for hydroxylation is 1. The molecule has 2 aromatic heterocycles. The molecule has 2 aromatic rings. The molecule has 8 heteroatoms. The van der Waals surface area contributed by atoms with Crippen molar-refractivity contribution in [2.24, 2.45) is 0 Å². The highest BCUT2D eigenvalue weighted by Gasteiger charge is 2.31. The predicted molar refractivity (Wildman–Crippen MR) is 85.5 cm³/mol. The maximum Gasteiger partial charge on any atom is 0.326 e. The maximum absolute atomic E-state index is 12.3. The van der Waals surface area contributed by atoms with Crippen LogP contribution < -0.4 is 5.56 Å². The van der Waals surface area contributed by atoms with Crippen LogP contribution in [0, 0.1) is 0 Å². The second-order valence-electron chi connectivity index (χ2n) is 5.57. The van der Waals surface area contributed by atoms with Gasteiger partial charge >= 0.3 is 5.97 Å². The van der Waals surface area contributed by atoms with Crippen molar-refractivity contribution in [3.63, 3.8) is 0 Å². The lowest BCUT2D eigenvalue weighted by Gasteiger charge is -2.33. The summed E-state index contributed by atoms with van der Waals surface area (Å²) < 4.78 is 1.41. The lowest BCUT2D eigenvalue weighted by atomic mass is 10.0. The second kappa shape index (κ2) is 6.49. The van der Waals surface area contributed by atoms with Crippen molar-refractivity contribution in [1.82, 2.24) is 14.5 Å². The van der Waals surface area contributed by atoms with E-state index >= 15 is 0 Å². The minimum atomic E-state index is -0.962. The topological polar surface area (TPSA) is 92.5 Å². The summed E-state index contributed by atoms with van der Waals surface area (Å²) in [5, 5.41) is 11.6. The molecule has 3 rings (SSSR count). The minimum Gasteiger partial charge on any atom is -0.480 e. The van der Waals surface area contributed by atoms with E-state index in [-0.39, 0.29) is 24.4 Å². The fraction of sp³-hybridized carbons (Fsp3) is 0.467. The van der Waals surface area contributed by atoms with Gasteiger partial charge < -0.3 is 10.0 Å². The van der Waals surface area contributed by atoms with Crippen molar-refractivity contribution in [1.29, 1.82) is 0 Å². The van der Waals surface area contributed by atoms with Crippen LogP contribution in [0.15, 0.2) is 22.6 Å². The number of aromatic nitrogens is 2. The summed E-state index contributed by atoms with van der Waals surface area (Å²) >= 11 is 1.40. The van der Waals surface area contributed by atoms with Gasteiger partial charge in [-0.1, -0.05) is 0 Å². The maximum atomic E-state index is 12.3. The Balaban J connectivity index is 1.71.